The Labute approximate surface area is 144 Å². The molecular formula is C18H17FN2O2S. The first-order chi connectivity index (χ1) is 11.5. The molecule has 3 rings (SSSR count). The van der Waals surface area contributed by atoms with E-state index in [2.05, 4.69) is 5.32 Å². The van der Waals surface area contributed by atoms with Gasteiger partial charge in [0.25, 0.3) is 5.91 Å². The van der Waals surface area contributed by atoms with Gasteiger partial charge >= 0.3 is 6.03 Å². The van der Waals surface area contributed by atoms with E-state index in [9.17, 15) is 14.0 Å². The Morgan fingerprint density at radius 1 is 1.08 bits per heavy atom. The molecule has 0 unspecified atom stereocenters. The normalized spacial score (nSPS) is 20.3. The lowest BCUT2D eigenvalue weighted by atomic mass is 9.92. The average molecular weight is 344 g/mol. The van der Waals surface area contributed by atoms with E-state index in [1.54, 1.807) is 25.1 Å². The summed E-state index contributed by atoms with van der Waals surface area (Å²) in [5.41, 5.74) is -0.311. The van der Waals surface area contributed by atoms with Crippen LogP contribution < -0.4 is 5.32 Å². The molecule has 0 aromatic heterocycles. The molecule has 6 heteroatoms. The summed E-state index contributed by atoms with van der Waals surface area (Å²) in [6.45, 7) is 1.93. The molecule has 0 radical (unpaired) electrons. The van der Waals surface area contributed by atoms with Gasteiger partial charge in [-0.05, 0) is 24.6 Å². The summed E-state index contributed by atoms with van der Waals surface area (Å²) in [4.78, 5) is 26.6. The summed E-state index contributed by atoms with van der Waals surface area (Å²) in [5, 5.41) is 2.76. The van der Waals surface area contributed by atoms with Crippen LogP contribution in [0.25, 0.3) is 0 Å². The minimum absolute atomic E-state index is 0.228. The van der Waals surface area contributed by atoms with Gasteiger partial charge in [0.05, 0.1) is 0 Å². The van der Waals surface area contributed by atoms with Gasteiger partial charge in [-0.15, -0.1) is 11.8 Å². The number of urea groups is 1. The molecule has 3 amide bonds. The summed E-state index contributed by atoms with van der Waals surface area (Å²) in [6, 6.07) is 15.2. The van der Waals surface area contributed by atoms with Crippen molar-refractivity contribution in [2.24, 2.45) is 0 Å². The molecule has 2 aromatic rings. The number of rotatable bonds is 5. The second kappa shape index (κ2) is 6.65. The molecule has 0 aliphatic carbocycles. The fraction of sp³-hybridized carbons (Fsp3) is 0.222. The van der Waals surface area contributed by atoms with Gasteiger partial charge in [-0.2, -0.15) is 0 Å². The molecule has 1 aliphatic rings. The van der Waals surface area contributed by atoms with Crippen molar-refractivity contribution < 1.29 is 14.0 Å². The number of imide groups is 1. The third-order valence-electron chi connectivity index (χ3n) is 4.04. The number of halogens is 1. The molecule has 4 nitrogen and oxygen atoms in total. The van der Waals surface area contributed by atoms with Gasteiger partial charge in [0.1, 0.15) is 11.4 Å². The summed E-state index contributed by atoms with van der Waals surface area (Å²) < 4.78 is 13.6. The SMILES string of the molecule is C[C@@]1(c2ccccc2)NC(=O)N(CCSc2ccccc2F)C1=O. The molecular weight excluding hydrogens is 327 g/mol. The van der Waals surface area contributed by atoms with E-state index < -0.39 is 11.6 Å². The molecule has 1 fully saturated rings. The molecule has 2 aromatic carbocycles. The van der Waals surface area contributed by atoms with Crippen LogP contribution in [-0.4, -0.2) is 29.1 Å². The number of benzene rings is 2. The van der Waals surface area contributed by atoms with E-state index >= 15 is 0 Å². The molecule has 1 atom stereocenters. The first-order valence-corrected chi connectivity index (χ1v) is 8.58. The Morgan fingerprint density at radius 2 is 1.75 bits per heavy atom. The first kappa shape index (κ1) is 16.5. The van der Waals surface area contributed by atoms with Gasteiger partial charge in [-0.25, -0.2) is 9.18 Å². The maximum Gasteiger partial charge on any atom is 0.325 e. The molecule has 24 heavy (non-hydrogen) atoms. The summed E-state index contributed by atoms with van der Waals surface area (Å²) >= 11 is 1.29. The average Bonchev–Trinajstić information content (AvgIpc) is 2.81. The predicted molar refractivity (Wildman–Crippen MR) is 91.2 cm³/mol. The molecule has 1 N–H and O–H groups in total. The summed E-state index contributed by atoms with van der Waals surface area (Å²) in [7, 11) is 0. The number of nitrogens with zero attached hydrogens (tertiary/aromatic N) is 1. The van der Waals surface area contributed by atoms with Crippen molar-refractivity contribution >= 4 is 23.7 Å². The zero-order valence-corrected chi connectivity index (χ0v) is 14.0. The Morgan fingerprint density at radius 3 is 2.46 bits per heavy atom. The Bertz CT molecular complexity index is 769. The second-order valence-corrected chi connectivity index (χ2v) is 6.79. The maximum atomic E-state index is 13.6. The van der Waals surface area contributed by atoms with Crippen LogP contribution in [0.5, 0.6) is 0 Å². The fourth-order valence-electron chi connectivity index (χ4n) is 2.68. The number of hydrogen-bond donors (Lipinski definition) is 1. The van der Waals surface area contributed by atoms with Crippen LogP contribution in [0, 0.1) is 5.82 Å². The standard InChI is InChI=1S/C18H17FN2O2S/c1-18(13-7-3-2-4-8-13)16(22)21(17(23)20-18)11-12-24-15-10-6-5-9-14(15)19/h2-10H,11-12H2,1H3,(H,20,23)/t18-/m0/s1. The van der Waals surface area contributed by atoms with E-state index in [1.165, 1.54) is 22.7 Å². The molecule has 1 aliphatic heterocycles. The molecule has 0 spiro atoms. The lowest BCUT2D eigenvalue weighted by Gasteiger charge is -2.22. The fourth-order valence-corrected chi connectivity index (χ4v) is 3.55. The van der Waals surface area contributed by atoms with Crippen LogP contribution >= 0.6 is 11.8 Å². The van der Waals surface area contributed by atoms with Crippen molar-refractivity contribution in [1.82, 2.24) is 10.2 Å². The van der Waals surface area contributed by atoms with Crippen molar-refractivity contribution in [3.8, 4) is 0 Å². The van der Waals surface area contributed by atoms with Gasteiger partial charge in [-0.1, -0.05) is 42.5 Å². The third-order valence-corrected chi connectivity index (χ3v) is 5.06. The first-order valence-electron chi connectivity index (χ1n) is 7.59. The molecule has 0 bridgehead atoms. The van der Waals surface area contributed by atoms with Crippen LogP contribution in [0.1, 0.15) is 12.5 Å². The quantitative estimate of drug-likeness (QED) is 0.668. The van der Waals surface area contributed by atoms with Crippen LogP contribution in [0.4, 0.5) is 9.18 Å². The largest absolute Gasteiger partial charge is 0.325 e. The zero-order chi connectivity index (χ0) is 17.2. The lowest BCUT2D eigenvalue weighted by molar-refractivity contribution is -0.130. The van der Waals surface area contributed by atoms with E-state index in [-0.39, 0.29) is 18.3 Å². The highest BCUT2D eigenvalue weighted by Gasteiger charge is 2.48. The molecule has 1 saturated heterocycles. The topological polar surface area (TPSA) is 49.4 Å². The molecule has 0 saturated carbocycles. The van der Waals surface area contributed by atoms with Gasteiger partial charge in [-0.3, -0.25) is 9.69 Å². The number of amides is 3. The van der Waals surface area contributed by atoms with Crippen molar-refractivity contribution in [1.29, 1.82) is 0 Å². The zero-order valence-electron chi connectivity index (χ0n) is 13.2. The third kappa shape index (κ3) is 3.01. The van der Waals surface area contributed by atoms with Gasteiger partial charge in [0.2, 0.25) is 0 Å². The highest BCUT2D eigenvalue weighted by molar-refractivity contribution is 7.99. The number of hydrogen-bond acceptors (Lipinski definition) is 3. The van der Waals surface area contributed by atoms with Crippen LogP contribution in [-0.2, 0) is 10.3 Å². The maximum absolute atomic E-state index is 13.6. The summed E-state index contributed by atoms with van der Waals surface area (Å²) in [6.07, 6.45) is 0. The van der Waals surface area contributed by atoms with Gasteiger partial charge < -0.3 is 5.32 Å². The highest BCUT2D eigenvalue weighted by Crippen LogP contribution is 2.29. The van der Waals surface area contributed by atoms with E-state index in [0.29, 0.717) is 10.6 Å². The minimum Gasteiger partial charge on any atom is -0.319 e. The molecule has 124 valence electrons. The van der Waals surface area contributed by atoms with Gasteiger partial charge in [0.15, 0.2) is 0 Å². The van der Waals surface area contributed by atoms with Crippen LogP contribution in [0.2, 0.25) is 0 Å². The Kier molecular flexibility index (Phi) is 4.57. The van der Waals surface area contributed by atoms with Crippen LogP contribution in [0.15, 0.2) is 59.5 Å². The van der Waals surface area contributed by atoms with E-state index in [1.807, 2.05) is 30.3 Å². The second-order valence-electron chi connectivity index (χ2n) is 5.66. The summed E-state index contributed by atoms with van der Waals surface area (Å²) in [5.74, 6) is -0.146. The smallest absolute Gasteiger partial charge is 0.319 e. The van der Waals surface area contributed by atoms with Crippen molar-refractivity contribution in [2.45, 2.75) is 17.4 Å². The number of nitrogens with one attached hydrogen (secondary N) is 1. The lowest BCUT2D eigenvalue weighted by Crippen LogP contribution is -2.41. The molecule has 1 heterocycles. The Hall–Kier alpha value is -2.34. The monoisotopic (exact) mass is 344 g/mol. The van der Waals surface area contributed by atoms with Crippen molar-refractivity contribution in [3.05, 3.63) is 66.0 Å². The van der Waals surface area contributed by atoms with E-state index in [4.69, 9.17) is 0 Å². The Balaban J connectivity index is 1.68. The van der Waals surface area contributed by atoms with Gasteiger partial charge in [0, 0.05) is 17.2 Å². The van der Waals surface area contributed by atoms with Crippen molar-refractivity contribution in [2.75, 3.05) is 12.3 Å². The van der Waals surface area contributed by atoms with Crippen molar-refractivity contribution in [3.63, 3.8) is 0 Å². The minimum atomic E-state index is -1.05. The number of thioether (sulfide) groups is 1. The number of carbonyl (C=O) groups is 2. The van der Waals surface area contributed by atoms with E-state index in [0.717, 1.165) is 5.56 Å². The predicted octanol–water partition coefficient (Wildman–Crippen LogP) is 3.39. The highest BCUT2D eigenvalue weighted by atomic mass is 32.2. The number of carbonyl (C=O) groups excluding carboxylic acids is 2. The van der Waals surface area contributed by atoms with Crippen LogP contribution in [0.3, 0.4) is 0 Å².